The minimum absolute atomic E-state index is 0.0430. The van der Waals surface area contributed by atoms with Gasteiger partial charge in [-0.25, -0.2) is 0 Å². The van der Waals surface area contributed by atoms with Gasteiger partial charge in [0.15, 0.2) is 0 Å². The third kappa shape index (κ3) is 6.70. The average Bonchev–Trinajstić information content (AvgIpc) is 2.46. The first-order valence-electron chi connectivity index (χ1n) is 9.03. The SMILES string of the molecule is CC(C)(C)OCCN1CCN(c2ccc(OC(C)(C)C)cc2)CC1. The summed E-state index contributed by atoms with van der Waals surface area (Å²) in [5.74, 6) is 0.934. The Morgan fingerprint density at radius 3 is 1.92 bits per heavy atom. The first-order valence-corrected chi connectivity index (χ1v) is 9.03. The average molecular weight is 335 g/mol. The van der Waals surface area contributed by atoms with E-state index in [-0.39, 0.29) is 11.2 Å². The van der Waals surface area contributed by atoms with Crippen molar-refractivity contribution < 1.29 is 9.47 Å². The van der Waals surface area contributed by atoms with Crippen molar-refractivity contribution in [1.82, 2.24) is 4.90 Å². The molecular formula is C20H34N2O2. The summed E-state index contributed by atoms with van der Waals surface area (Å²) in [6.45, 7) is 18.7. The quantitative estimate of drug-likeness (QED) is 0.818. The molecule has 4 nitrogen and oxygen atoms in total. The Hall–Kier alpha value is -1.26. The van der Waals surface area contributed by atoms with Crippen LogP contribution >= 0.6 is 0 Å². The van der Waals surface area contributed by atoms with Crippen LogP contribution in [0, 0.1) is 0 Å². The van der Waals surface area contributed by atoms with Gasteiger partial charge in [0.05, 0.1) is 12.2 Å². The summed E-state index contributed by atoms with van der Waals surface area (Å²) in [6, 6.07) is 8.48. The van der Waals surface area contributed by atoms with E-state index in [1.165, 1.54) is 5.69 Å². The molecule has 2 rings (SSSR count). The third-order valence-electron chi connectivity index (χ3n) is 3.94. The molecule has 0 aliphatic carbocycles. The van der Waals surface area contributed by atoms with Crippen LogP contribution in [-0.4, -0.2) is 55.4 Å². The van der Waals surface area contributed by atoms with Gasteiger partial charge in [-0.05, 0) is 65.8 Å². The second kappa shape index (κ2) is 7.75. The molecule has 1 aromatic rings. The van der Waals surface area contributed by atoms with E-state index in [0.717, 1.165) is 45.1 Å². The van der Waals surface area contributed by atoms with Crippen LogP contribution in [-0.2, 0) is 4.74 Å². The van der Waals surface area contributed by atoms with Gasteiger partial charge in [0.1, 0.15) is 11.4 Å². The monoisotopic (exact) mass is 334 g/mol. The molecule has 0 atom stereocenters. The maximum Gasteiger partial charge on any atom is 0.120 e. The summed E-state index contributed by atoms with van der Waals surface area (Å²) in [5.41, 5.74) is 1.09. The van der Waals surface area contributed by atoms with Crippen LogP contribution in [0.15, 0.2) is 24.3 Å². The molecular weight excluding hydrogens is 300 g/mol. The molecule has 136 valence electrons. The smallest absolute Gasteiger partial charge is 0.120 e. The summed E-state index contributed by atoms with van der Waals surface area (Å²) in [7, 11) is 0. The van der Waals surface area contributed by atoms with Gasteiger partial charge in [-0.2, -0.15) is 0 Å². The predicted octanol–water partition coefficient (Wildman–Crippen LogP) is 3.80. The second-order valence-electron chi connectivity index (χ2n) is 8.50. The maximum atomic E-state index is 5.89. The fourth-order valence-electron chi connectivity index (χ4n) is 2.79. The third-order valence-corrected chi connectivity index (χ3v) is 3.94. The lowest BCUT2D eigenvalue weighted by Gasteiger charge is -2.36. The lowest BCUT2D eigenvalue weighted by molar-refractivity contribution is -0.0135. The van der Waals surface area contributed by atoms with E-state index >= 15 is 0 Å². The van der Waals surface area contributed by atoms with E-state index in [4.69, 9.17) is 9.47 Å². The van der Waals surface area contributed by atoms with Gasteiger partial charge in [-0.3, -0.25) is 4.90 Å². The number of anilines is 1. The fraction of sp³-hybridized carbons (Fsp3) is 0.700. The minimum Gasteiger partial charge on any atom is -0.488 e. The van der Waals surface area contributed by atoms with Crippen LogP contribution in [0.25, 0.3) is 0 Å². The molecule has 0 N–H and O–H groups in total. The molecule has 4 heteroatoms. The number of benzene rings is 1. The highest BCUT2D eigenvalue weighted by Gasteiger charge is 2.18. The highest BCUT2D eigenvalue weighted by molar-refractivity contribution is 5.49. The van der Waals surface area contributed by atoms with Gasteiger partial charge in [-0.15, -0.1) is 0 Å². The number of hydrogen-bond acceptors (Lipinski definition) is 4. The van der Waals surface area contributed by atoms with Crippen LogP contribution in [0.3, 0.4) is 0 Å². The molecule has 0 saturated carbocycles. The number of hydrogen-bond donors (Lipinski definition) is 0. The van der Waals surface area contributed by atoms with Crippen LogP contribution in [0.2, 0.25) is 0 Å². The van der Waals surface area contributed by atoms with Gasteiger partial charge in [0.25, 0.3) is 0 Å². The molecule has 0 unspecified atom stereocenters. The van der Waals surface area contributed by atoms with Crippen LogP contribution in [0.4, 0.5) is 5.69 Å². The van der Waals surface area contributed by atoms with Crippen molar-refractivity contribution in [2.24, 2.45) is 0 Å². The number of ether oxygens (including phenoxy) is 2. The molecule has 1 aromatic carbocycles. The number of nitrogens with zero attached hydrogens (tertiary/aromatic N) is 2. The Labute approximate surface area is 147 Å². The predicted molar refractivity (Wildman–Crippen MR) is 101 cm³/mol. The van der Waals surface area contributed by atoms with Crippen molar-refractivity contribution in [1.29, 1.82) is 0 Å². The lowest BCUT2D eigenvalue weighted by atomic mass is 10.2. The van der Waals surface area contributed by atoms with Crippen molar-refractivity contribution in [3.05, 3.63) is 24.3 Å². The zero-order valence-electron chi connectivity index (χ0n) is 16.3. The summed E-state index contributed by atoms with van der Waals surface area (Å²) in [6.07, 6.45) is 0. The topological polar surface area (TPSA) is 24.9 Å². The first-order chi connectivity index (χ1) is 11.1. The van der Waals surface area contributed by atoms with E-state index in [1.54, 1.807) is 0 Å². The molecule has 24 heavy (non-hydrogen) atoms. The maximum absolute atomic E-state index is 5.89. The van der Waals surface area contributed by atoms with E-state index in [2.05, 4.69) is 75.6 Å². The van der Waals surface area contributed by atoms with E-state index in [0.29, 0.717) is 0 Å². The van der Waals surface area contributed by atoms with Gasteiger partial charge in [-0.1, -0.05) is 0 Å². The highest BCUT2D eigenvalue weighted by atomic mass is 16.5. The molecule has 0 bridgehead atoms. The molecule has 1 heterocycles. The Morgan fingerprint density at radius 2 is 1.42 bits per heavy atom. The van der Waals surface area contributed by atoms with Crippen LogP contribution in [0.1, 0.15) is 41.5 Å². The molecule has 1 aliphatic heterocycles. The van der Waals surface area contributed by atoms with E-state index in [9.17, 15) is 0 Å². The van der Waals surface area contributed by atoms with Gasteiger partial charge in [0.2, 0.25) is 0 Å². The molecule has 0 radical (unpaired) electrons. The molecule has 0 spiro atoms. The molecule has 0 aromatic heterocycles. The van der Waals surface area contributed by atoms with E-state index in [1.807, 2.05) is 0 Å². The molecule has 0 amide bonds. The Kier molecular flexibility index (Phi) is 6.16. The Morgan fingerprint density at radius 1 is 0.833 bits per heavy atom. The number of rotatable bonds is 5. The van der Waals surface area contributed by atoms with Gasteiger partial charge < -0.3 is 14.4 Å². The standard InChI is InChI=1S/C20H34N2O2/c1-19(2,3)23-16-15-21-11-13-22(14-12-21)17-7-9-18(10-8-17)24-20(4,5)6/h7-10H,11-16H2,1-6H3. The molecule has 1 fully saturated rings. The largest absolute Gasteiger partial charge is 0.488 e. The normalized spacial score (nSPS) is 17.2. The Bertz CT molecular complexity index is 492. The Balaban J connectivity index is 1.78. The number of piperazine rings is 1. The van der Waals surface area contributed by atoms with Crippen molar-refractivity contribution in [3.63, 3.8) is 0 Å². The highest BCUT2D eigenvalue weighted by Crippen LogP contribution is 2.23. The van der Waals surface area contributed by atoms with Gasteiger partial charge in [0, 0.05) is 38.4 Å². The molecule has 1 aliphatic rings. The van der Waals surface area contributed by atoms with E-state index < -0.39 is 0 Å². The van der Waals surface area contributed by atoms with Crippen LogP contribution in [0.5, 0.6) is 5.75 Å². The summed E-state index contributed by atoms with van der Waals surface area (Å²) in [4.78, 5) is 4.93. The van der Waals surface area contributed by atoms with Gasteiger partial charge >= 0.3 is 0 Å². The lowest BCUT2D eigenvalue weighted by Crippen LogP contribution is -2.47. The van der Waals surface area contributed by atoms with Crippen molar-refractivity contribution in [2.45, 2.75) is 52.7 Å². The summed E-state index contributed by atoms with van der Waals surface area (Å²) in [5, 5.41) is 0. The van der Waals surface area contributed by atoms with Crippen molar-refractivity contribution in [2.75, 3.05) is 44.2 Å². The minimum atomic E-state index is -0.151. The second-order valence-corrected chi connectivity index (χ2v) is 8.50. The zero-order chi connectivity index (χ0) is 17.8. The zero-order valence-corrected chi connectivity index (χ0v) is 16.3. The van der Waals surface area contributed by atoms with Crippen LogP contribution < -0.4 is 9.64 Å². The summed E-state index contributed by atoms with van der Waals surface area (Å²) < 4.78 is 11.7. The summed E-state index contributed by atoms with van der Waals surface area (Å²) >= 11 is 0. The van der Waals surface area contributed by atoms with Crippen molar-refractivity contribution >= 4 is 5.69 Å². The molecule has 1 saturated heterocycles. The van der Waals surface area contributed by atoms with Crippen molar-refractivity contribution in [3.8, 4) is 5.75 Å². The fourth-order valence-corrected chi connectivity index (χ4v) is 2.79. The first kappa shape index (κ1) is 19.1.